The quantitative estimate of drug-likeness (QED) is 0.793. The van der Waals surface area contributed by atoms with Crippen molar-refractivity contribution in [1.82, 2.24) is 29.5 Å². The van der Waals surface area contributed by atoms with E-state index >= 15 is 0 Å². The van der Waals surface area contributed by atoms with Crippen LogP contribution >= 0.6 is 0 Å². The molecule has 4 rings (SSSR count). The Balaban J connectivity index is 1.44. The Morgan fingerprint density at radius 3 is 2.76 bits per heavy atom. The van der Waals surface area contributed by atoms with Gasteiger partial charge in [0.15, 0.2) is 0 Å². The van der Waals surface area contributed by atoms with Gasteiger partial charge >= 0.3 is 0 Å². The molecule has 0 N–H and O–H groups in total. The summed E-state index contributed by atoms with van der Waals surface area (Å²) in [5.74, 6) is 1.07. The molecule has 2 aromatic rings. The van der Waals surface area contributed by atoms with Gasteiger partial charge in [0.25, 0.3) is 5.91 Å². The van der Waals surface area contributed by atoms with E-state index in [1.807, 2.05) is 11.1 Å². The van der Waals surface area contributed by atoms with Crippen molar-refractivity contribution >= 4 is 5.91 Å². The predicted molar refractivity (Wildman–Crippen MR) is 90.0 cm³/mol. The fraction of sp³-hybridized carbons (Fsp3) is 0.529. The molecule has 1 amide bonds. The van der Waals surface area contributed by atoms with E-state index in [-0.39, 0.29) is 5.91 Å². The number of rotatable bonds is 3. The molecule has 0 bridgehead atoms. The number of hydrogen-bond acceptors (Lipinski definition) is 6. The molecule has 4 heterocycles. The van der Waals surface area contributed by atoms with Gasteiger partial charge in [-0.25, -0.2) is 4.98 Å². The molecule has 8 heteroatoms. The van der Waals surface area contributed by atoms with Crippen LogP contribution in [0.3, 0.4) is 0 Å². The van der Waals surface area contributed by atoms with Gasteiger partial charge in [0.05, 0.1) is 36.9 Å². The Morgan fingerprint density at radius 2 is 1.96 bits per heavy atom. The molecular weight excluding hydrogens is 320 g/mol. The molecule has 2 aliphatic rings. The lowest BCUT2D eigenvalue weighted by Gasteiger charge is -2.27. The standard InChI is InChI=1S/C17H22N6O2/c24-17(14-1-3-19-20-11-14)22-4-2-16-18-12-15(23(16)6-5-22)13-21-7-9-25-10-8-21/h1,3,11-12H,2,4-10,13H2. The number of carbonyl (C=O) groups excluding carboxylic acids is 1. The fourth-order valence-corrected chi connectivity index (χ4v) is 3.41. The molecule has 0 aromatic carbocycles. The third-order valence-corrected chi connectivity index (χ3v) is 4.83. The highest BCUT2D eigenvalue weighted by Crippen LogP contribution is 2.15. The second kappa shape index (κ2) is 7.28. The van der Waals surface area contributed by atoms with Crippen molar-refractivity contribution < 1.29 is 9.53 Å². The molecule has 0 atom stereocenters. The van der Waals surface area contributed by atoms with Crippen LogP contribution in [0.15, 0.2) is 24.7 Å². The minimum absolute atomic E-state index is 0.00961. The zero-order chi connectivity index (χ0) is 17.1. The maximum atomic E-state index is 12.6. The molecule has 8 nitrogen and oxygen atoms in total. The maximum Gasteiger partial charge on any atom is 0.255 e. The van der Waals surface area contributed by atoms with E-state index in [9.17, 15) is 4.79 Å². The summed E-state index contributed by atoms with van der Waals surface area (Å²) in [6.45, 7) is 6.53. The van der Waals surface area contributed by atoms with Crippen LogP contribution in [-0.4, -0.2) is 74.8 Å². The minimum Gasteiger partial charge on any atom is -0.379 e. The molecule has 0 saturated carbocycles. The molecule has 132 valence electrons. The molecule has 0 aliphatic carbocycles. The van der Waals surface area contributed by atoms with Crippen molar-refractivity contribution in [3.05, 3.63) is 41.7 Å². The number of ether oxygens (including phenoxy) is 1. The van der Waals surface area contributed by atoms with E-state index in [4.69, 9.17) is 4.74 Å². The number of morpholine rings is 1. The number of nitrogens with zero attached hydrogens (tertiary/aromatic N) is 6. The largest absolute Gasteiger partial charge is 0.379 e. The summed E-state index contributed by atoms with van der Waals surface area (Å²) in [5, 5.41) is 7.54. The number of fused-ring (bicyclic) bond motifs is 1. The third-order valence-electron chi connectivity index (χ3n) is 4.83. The van der Waals surface area contributed by atoms with E-state index in [1.54, 1.807) is 12.3 Å². The van der Waals surface area contributed by atoms with E-state index in [0.29, 0.717) is 18.7 Å². The number of imidazole rings is 1. The van der Waals surface area contributed by atoms with E-state index < -0.39 is 0 Å². The number of hydrogen-bond donors (Lipinski definition) is 0. The van der Waals surface area contributed by atoms with Crippen LogP contribution in [-0.2, 0) is 24.2 Å². The lowest BCUT2D eigenvalue weighted by Crippen LogP contribution is -2.36. The average Bonchev–Trinajstić information content (AvgIpc) is 2.91. The summed E-state index contributed by atoms with van der Waals surface area (Å²) in [4.78, 5) is 21.5. The Kier molecular flexibility index (Phi) is 4.71. The van der Waals surface area contributed by atoms with Gasteiger partial charge in [0.2, 0.25) is 0 Å². The molecule has 2 aliphatic heterocycles. The van der Waals surface area contributed by atoms with Crippen molar-refractivity contribution in [2.45, 2.75) is 19.5 Å². The highest BCUT2D eigenvalue weighted by molar-refractivity contribution is 5.93. The Labute approximate surface area is 146 Å². The van der Waals surface area contributed by atoms with Crippen molar-refractivity contribution in [1.29, 1.82) is 0 Å². The van der Waals surface area contributed by atoms with Crippen LogP contribution in [0.5, 0.6) is 0 Å². The van der Waals surface area contributed by atoms with Gasteiger partial charge in [0, 0.05) is 51.9 Å². The average molecular weight is 342 g/mol. The second-order valence-corrected chi connectivity index (χ2v) is 6.38. The van der Waals surface area contributed by atoms with Crippen LogP contribution in [0.4, 0.5) is 0 Å². The van der Waals surface area contributed by atoms with Gasteiger partial charge in [0.1, 0.15) is 5.82 Å². The number of amides is 1. The first-order valence-corrected chi connectivity index (χ1v) is 8.70. The Hall–Kier alpha value is -2.32. The van der Waals surface area contributed by atoms with Crippen LogP contribution in [0.2, 0.25) is 0 Å². The molecular formula is C17H22N6O2. The predicted octanol–water partition coefficient (Wildman–Crippen LogP) is 0.204. The normalized spacial score (nSPS) is 18.6. The van der Waals surface area contributed by atoms with Crippen LogP contribution in [0, 0.1) is 0 Å². The molecule has 1 saturated heterocycles. The van der Waals surface area contributed by atoms with Crippen molar-refractivity contribution in [2.24, 2.45) is 0 Å². The van der Waals surface area contributed by atoms with Gasteiger partial charge < -0.3 is 14.2 Å². The Morgan fingerprint density at radius 1 is 1.08 bits per heavy atom. The Bertz CT molecular complexity index is 726. The highest BCUT2D eigenvalue weighted by atomic mass is 16.5. The van der Waals surface area contributed by atoms with Gasteiger partial charge in [-0.15, -0.1) is 0 Å². The lowest BCUT2D eigenvalue weighted by atomic mass is 10.2. The van der Waals surface area contributed by atoms with Gasteiger partial charge in [-0.3, -0.25) is 9.69 Å². The molecule has 25 heavy (non-hydrogen) atoms. The first-order chi connectivity index (χ1) is 12.3. The third kappa shape index (κ3) is 3.54. The van der Waals surface area contributed by atoms with Crippen molar-refractivity contribution in [3.8, 4) is 0 Å². The van der Waals surface area contributed by atoms with Gasteiger partial charge in [-0.1, -0.05) is 0 Å². The molecule has 0 unspecified atom stereocenters. The van der Waals surface area contributed by atoms with Crippen LogP contribution in [0.25, 0.3) is 0 Å². The topological polar surface area (TPSA) is 76.4 Å². The summed E-state index contributed by atoms with van der Waals surface area (Å²) in [5.41, 5.74) is 1.81. The first kappa shape index (κ1) is 16.2. The summed E-state index contributed by atoms with van der Waals surface area (Å²) >= 11 is 0. The van der Waals surface area contributed by atoms with Crippen molar-refractivity contribution in [2.75, 3.05) is 39.4 Å². The zero-order valence-electron chi connectivity index (χ0n) is 14.2. The highest BCUT2D eigenvalue weighted by Gasteiger charge is 2.23. The zero-order valence-corrected chi connectivity index (χ0v) is 14.2. The SMILES string of the molecule is O=C(c1ccnnc1)N1CCc2ncc(CN3CCOCC3)n2CC1. The van der Waals surface area contributed by atoms with Crippen LogP contribution < -0.4 is 0 Å². The smallest absolute Gasteiger partial charge is 0.255 e. The maximum absolute atomic E-state index is 12.6. The summed E-state index contributed by atoms with van der Waals surface area (Å²) in [6.07, 6.45) is 5.83. The van der Waals surface area contributed by atoms with Gasteiger partial charge in [-0.2, -0.15) is 10.2 Å². The number of aromatic nitrogens is 4. The van der Waals surface area contributed by atoms with Crippen molar-refractivity contribution in [3.63, 3.8) is 0 Å². The summed E-state index contributed by atoms with van der Waals surface area (Å²) in [6, 6.07) is 1.71. The van der Waals surface area contributed by atoms with E-state index in [1.165, 1.54) is 11.9 Å². The molecule has 0 spiro atoms. The molecule has 1 fully saturated rings. The monoisotopic (exact) mass is 342 g/mol. The summed E-state index contributed by atoms with van der Waals surface area (Å²) < 4.78 is 7.69. The second-order valence-electron chi connectivity index (χ2n) is 6.38. The molecule has 2 aromatic heterocycles. The van der Waals surface area contributed by atoms with Gasteiger partial charge in [-0.05, 0) is 6.07 Å². The number of carbonyl (C=O) groups is 1. The van der Waals surface area contributed by atoms with Crippen LogP contribution in [0.1, 0.15) is 21.9 Å². The van der Waals surface area contributed by atoms with E-state index in [0.717, 1.165) is 51.6 Å². The van der Waals surface area contributed by atoms with E-state index in [2.05, 4.69) is 24.6 Å². The lowest BCUT2D eigenvalue weighted by molar-refractivity contribution is 0.0331. The molecule has 0 radical (unpaired) electrons. The minimum atomic E-state index is 0.00961. The fourth-order valence-electron chi connectivity index (χ4n) is 3.41. The first-order valence-electron chi connectivity index (χ1n) is 8.70. The summed E-state index contributed by atoms with van der Waals surface area (Å²) in [7, 11) is 0.